The summed E-state index contributed by atoms with van der Waals surface area (Å²) >= 11 is 0. The van der Waals surface area contributed by atoms with Gasteiger partial charge in [-0.1, -0.05) is 13.0 Å². The molecule has 3 unspecified atom stereocenters. The Hall–Kier alpha value is -2.10. The molecule has 4 nitrogen and oxygen atoms in total. The smallest absolute Gasteiger partial charge is 0.160 e. The monoisotopic (exact) mass is 286 g/mol. The molecule has 110 valence electrons. The molecule has 2 aliphatic carbocycles. The lowest BCUT2D eigenvalue weighted by Gasteiger charge is -2.50. The number of carbonyl (C=O) groups is 2. The minimum absolute atomic E-state index is 0.0532. The molecule has 2 aliphatic rings. The van der Waals surface area contributed by atoms with E-state index in [1.165, 1.54) is 12.2 Å². The predicted octanol–water partition coefficient (Wildman–Crippen LogP) is 2.38. The number of benzene rings is 1. The van der Waals surface area contributed by atoms with Gasteiger partial charge in [-0.3, -0.25) is 9.59 Å². The van der Waals surface area contributed by atoms with E-state index in [2.05, 4.69) is 0 Å². The molecule has 1 saturated carbocycles. The molecule has 0 radical (unpaired) electrons. The molecule has 1 aromatic rings. The van der Waals surface area contributed by atoms with Crippen LogP contribution in [-0.4, -0.2) is 25.8 Å². The van der Waals surface area contributed by atoms with Crippen molar-refractivity contribution in [2.45, 2.75) is 12.8 Å². The number of allylic oxidation sites excluding steroid dienone is 2. The molecular weight excluding hydrogens is 268 g/mol. The molecule has 0 heterocycles. The molecule has 4 atom stereocenters. The Labute approximate surface area is 123 Å². The molecule has 0 amide bonds. The highest BCUT2D eigenvalue weighted by molar-refractivity contribution is 6.09. The first-order valence-electron chi connectivity index (χ1n) is 7.06. The zero-order valence-electron chi connectivity index (χ0n) is 12.3. The minimum atomic E-state index is -0.226. The topological polar surface area (TPSA) is 52.6 Å². The van der Waals surface area contributed by atoms with Crippen molar-refractivity contribution >= 4 is 11.6 Å². The van der Waals surface area contributed by atoms with Gasteiger partial charge >= 0.3 is 0 Å². The maximum atomic E-state index is 12.1. The SMILES string of the molecule is COc1ccc(C2C3C(=O)C=CC(=O)C3[C@@H]2C)cc1OC. The van der Waals surface area contributed by atoms with E-state index in [-0.39, 0.29) is 35.2 Å². The van der Waals surface area contributed by atoms with Crippen molar-refractivity contribution < 1.29 is 19.1 Å². The standard InChI is InChI=1S/C17H18O4/c1-9-15(17-12(19)6-5-11(18)16(9)17)10-4-7-13(20-2)14(8-10)21-3/h4-9,15-17H,1-3H3/t9-,15?,16?,17?/m1/s1. The van der Waals surface area contributed by atoms with Gasteiger partial charge in [0.2, 0.25) is 0 Å². The second kappa shape index (κ2) is 5.02. The first kappa shape index (κ1) is 13.9. The van der Waals surface area contributed by atoms with Crippen LogP contribution in [-0.2, 0) is 9.59 Å². The van der Waals surface area contributed by atoms with E-state index in [1.54, 1.807) is 14.2 Å². The van der Waals surface area contributed by atoms with Crippen LogP contribution in [0.3, 0.4) is 0 Å². The molecule has 1 fully saturated rings. The van der Waals surface area contributed by atoms with Crippen molar-refractivity contribution in [1.82, 2.24) is 0 Å². The number of hydrogen-bond acceptors (Lipinski definition) is 4. The van der Waals surface area contributed by atoms with Crippen LogP contribution < -0.4 is 9.47 Å². The van der Waals surface area contributed by atoms with Crippen LogP contribution in [0.15, 0.2) is 30.4 Å². The van der Waals surface area contributed by atoms with Crippen LogP contribution >= 0.6 is 0 Å². The third kappa shape index (κ3) is 1.97. The zero-order chi connectivity index (χ0) is 15.1. The Morgan fingerprint density at radius 2 is 1.48 bits per heavy atom. The Bertz CT molecular complexity index is 632. The van der Waals surface area contributed by atoms with Crippen molar-refractivity contribution in [3.05, 3.63) is 35.9 Å². The predicted molar refractivity (Wildman–Crippen MR) is 77.6 cm³/mol. The van der Waals surface area contributed by atoms with Crippen LogP contribution in [0.2, 0.25) is 0 Å². The van der Waals surface area contributed by atoms with Gasteiger partial charge in [0.05, 0.1) is 14.2 Å². The van der Waals surface area contributed by atoms with Crippen molar-refractivity contribution in [2.75, 3.05) is 14.2 Å². The average Bonchev–Trinajstić information content (AvgIpc) is 2.49. The van der Waals surface area contributed by atoms with Crippen LogP contribution in [0.5, 0.6) is 11.5 Å². The second-order valence-electron chi connectivity index (χ2n) is 5.69. The fourth-order valence-electron chi connectivity index (χ4n) is 3.70. The largest absolute Gasteiger partial charge is 0.493 e. The van der Waals surface area contributed by atoms with E-state index in [1.807, 2.05) is 25.1 Å². The first-order chi connectivity index (χ1) is 10.1. The summed E-state index contributed by atoms with van der Waals surface area (Å²) in [6, 6.07) is 5.71. The molecule has 0 aromatic heterocycles. The van der Waals surface area contributed by atoms with Gasteiger partial charge in [0.15, 0.2) is 23.1 Å². The molecule has 21 heavy (non-hydrogen) atoms. The van der Waals surface area contributed by atoms with Gasteiger partial charge in [0.1, 0.15) is 0 Å². The van der Waals surface area contributed by atoms with E-state index in [0.717, 1.165) is 5.56 Å². The molecule has 0 saturated heterocycles. The highest BCUT2D eigenvalue weighted by Crippen LogP contribution is 2.55. The Morgan fingerprint density at radius 1 is 0.857 bits per heavy atom. The summed E-state index contributed by atoms with van der Waals surface area (Å²) in [7, 11) is 3.18. The third-order valence-corrected chi connectivity index (χ3v) is 4.77. The molecule has 0 N–H and O–H groups in total. The van der Waals surface area contributed by atoms with E-state index in [0.29, 0.717) is 11.5 Å². The number of ether oxygens (including phenoxy) is 2. The number of ketones is 2. The van der Waals surface area contributed by atoms with Crippen molar-refractivity contribution in [3.8, 4) is 11.5 Å². The first-order valence-corrected chi connectivity index (χ1v) is 7.06. The van der Waals surface area contributed by atoms with Crippen molar-refractivity contribution in [1.29, 1.82) is 0 Å². The summed E-state index contributed by atoms with van der Waals surface area (Å²) < 4.78 is 10.6. The van der Waals surface area contributed by atoms with Crippen molar-refractivity contribution in [3.63, 3.8) is 0 Å². The molecule has 4 heteroatoms. The quantitative estimate of drug-likeness (QED) is 0.856. The van der Waals surface area contributed by atoms with Gasteiger partial charge in [-0.25, -0.2) is 0 Å². The summed E-state index contributed by atoms with van der Waals surface area (Å²) in [5.74, 6) is 1.27. The number of carbonyl (C=O) groups excluding carboxylic acids is 2. The number of rotatable bonds is 3. The molecule has 3 rings (SSSR count). The second-order valence-corrected chi connectivity index (χ2v) is 5.69. The van der Waals surface area contributed by atoms with Gasteiger partial charge in [0.25, 0.3) is 0 Å². The minimum Gasteiger partial charge on any atom is -0.493 e. The van der Waals surface area contributed by atoms with E-state index >= 15 is 0 Å². The van der Waals surface area contributed by atoms with Gasteiger partial charge in [-0.2, -0.15) is 0 Å². The molecule has 0 spiro atoms. The Balaban J connectivity index is 1.96. The highest BCUT2D eigenvalue weighted by atomic mass is 16.5. The number of methoxy groups -OCH3 is 2. The summed E-state index contributed by atoms with van der Waals surface area (Å²) in [6.45, 7) is 2.03. The summed E-state index contributed by atoms with van der Waals surface area (Å²) in [4.78, 5) is 24.0. The van der Waals surface area contributed by atoms with Crippen molar-refractivity contribution in [2.24, 2.45) is 17.8 Å². The fraction of sp³-hybridized carbons (Fsp3) is 0.412. The maximum Gasteiger partial charge on any atom is 0.160 e. The maximum absolute atomic E-state index is 12.1. The molecule has 1 aromatic carbocycles. The normalized spacial score (nSPS) is 30.6. The number of hydrogen-bond donors (Lipinski definition) is 0. The fourth-order valence-corrected chi connectivity index (χ4v) is 3.70. The van der Waals surface area contributed by atoms with E-state index in [4.69, 9.17) is 9.47 Å². The summed E-state index contributed by atoms with van der Waals surface area (Å²) in [5.41, 5.74) is 1.03. The molecular formula is C17H18O4. The van der Waals surface area contributed by atoms with Gasteiger partial charge in [-0.05, 0) is 41.7 Å². The average molecular weight is 286 g/mol. The summed E-state index contributed by atoms with van der Waals surface area (Å²) in [6.07, 6.45) is 2.84. The highest BCUT2D eigenvalue weighted by Gasteiger charge is 2.55. The van der Waals surface area contributed by atoms with Crippen LogP contribution in [0.1, 0.15) is 18.4 Å². The molecule has 0 bridgehead atoms. The number of fused-ring (bicyclic) bond motifs is 1. The lowest BCUT2D eigenvalue weighted by Crippen LogP contribution is -2.52. The van der Waals surface area contributed by atoms with Crippen LogP contribution in [0.4, 0.5) is 0 Å². The van der Waals surface area contributed by atoms with Crippen LogP contribution in [0.25, 0.3) is 0 Å². The lowest BCUT2D eigenvalue weighted by molar-refractivity contribution is -0.141. The van der Waals surface area contributed by atoms with E-state index in [9.17, 15) is 9.59 Å². The van der Waals surface area contributed by atoms with Gasteiger partial charge < -0.3 is 9.47 Å². The lowest BCUT2D eigenvalue weighted by atomic mass is 9.51. The third-order valence-electron chi connectivity index (χ3n) is 4.77. The zero-order valence-corrected chi connectivity index (χ0v) is 12.3. The molecule has 0 aliphatic heterocycles. The Kier molecular flexibility index (Phi) is 3.32. The van der Waals surface area contributed by atoms with Crippen LogP contribution in [0, 0.1) is 17.8 Å². The Morgan fingerprint density at radius 3 is 2.10 bits per heavy atom. The summed E-state index contributed by atoms with van der Waals surface area (Å²) in [5, 5.41) is 0. The van der Waals surface area contributed by atoms with Gasteiger partial charge in [0, 0.05) is 11.8 Å². The van der Waals surface area contributed by atoms with Gasteiger partial charge in [-0.15, -0.1) is 0 Å². The van der Waals surface area contributed by atoms with E-state index < -0.39 is 0 Å².